The van der Waals surface area contributed by atoms with E-state index in [0.29, 0.717) is 44.8 Å². The summed E-state index contributed by atoms with van der Waals surface area (Å²) in [5.41, 5.74) is 4.10. The number of para-hydroxylation sites is 1. The van der Waals surface area contributed by atoms with Gasteiger partial charge in [-0.3, -0.25) is 4.79 Å². The zero-order chi connectivity index (χ0) is 24.7. The number of hydrogen-bond acceptors (Lipinski definition) is 3. The summed E-state index contributed by atoms with van der Waals surface area (Å²) in [6.45, 7) is 0.531. The van der Waals surface area contributed by atoms with E-state index in [1.54, 1.807) is 39.8 Å². The molecule has 1 aromatic heterocycles. The van der Waals surface area contributed by atoms with Crippen LogP contribution in [0, 0.1) is 0 Å². The molecule has 0 saturated carbocycles. The summed E-state index contributed by atoms with van der Waals surface area (Å²) in [6, 6.07) is 21.4. The van der Waals surface area contributed by atoms with Gasteiger partial charge in [-0.05, 0) is 42.0 Å². The van der Waals surface area contributed by atoms with Crippen molar-refractivity contribution >= 4 is 40.8 Å². The highest BCUT2D eigenvalue weighted by molar-refractivity contribution is 6.37. The maximum atomic E-state index is 13.9. The summed E-state index contributed by atoms with van der Waals surface area (Å²) in [4.78, 5) is 27.3. The fourth-order valence-electron chi connectivity index (χ4n) is 4.45. The fourth-order valence-corrected chi connectivity index (χ4v) is 4.95. The number of benzene rings is 3. The van der Waals surface area contributed by atoms with Gasteiger partial charge in [0.05, 0.1) is 25.8 Å². The molecule has 1 amide bonds. The maximum Gasteiger partial charge on any atom is 0.352 e. The number of aromatic nitrogens is 1. The van der Waals surface area contributed by atoms with Crippen molar-refractivity contribution in [2.24, 2.45) is 0 Å². The fraction of sp³-hybridized carbons (Fsp3) is 0.111. The topological polar surface area (TPSA) is 71.8 Å². The van der Waals surface area contributed by atoms with E-state index in [1.807, 2.05) is 42.5 Å². The first-order valence-electron chi connectivity index (χ1n) is 10.8. The lowest BCUT2D eigenvalue weighted by atomic mass is 10.0. The molecule has 0 saturated heterocycles. The Morgan fingerprint density at radius 3 is 2.37 bits per heavy atom. The molecule has 176 valence electrons. The smallest absolute Gasteiger partial charge is 0.352 e. The van der Waals surface area contributed by atoms with Gasteiger partial charge >= 0.3 is 5.97 Å². The molecule has 35 heavy (non-hydrogen) atoms. The van der Waals surface area contributed by atoms with E-state index in [-0.39, 0.29) is 18.1 Å². The normalized spacial score (nSPS) is 12.5. The van der Waals surface area contributed by atoms with Crippen molar-refractivity contribution in [1.29, 1.82) is 0 Å². The molecule has 8 heteroatoms. The predicted octanol–water partition coefficient (Wildman–Crippen LogP) is 6.38. The highest BCUT2D eigenvalue weighted by Gasteiger charge is 2.29. The third-order valence-corrected chi connectivity index (χ3v) is 6.79. The van der Waals surface area contributed by atoms with Gasteiger partial charge in [-0.15, -0.1) is 0 Å². The predicted molar refractivity (Wildman–Crippen MR) is 136 cm³/mol. The second-order valence-electron chi connectivity index (χ2n) is 8.13. The van der Waals surface area contributed by atoms with Crippen LogP contribution in [0.2, 0.25) is 10.0 Å². The van der Waals surface area contributed by atoms with Crippen molar-refractivity contribution in [2.75, 3.05) is 12.0 Å². The van der Waals surface area contributed by atoms with Crippen LogP contribution in [-0.4, -0.2) is 28.7 Å². The number of ether oxygens (including phenoxy) is 1. The van der Waals surface area contributed by atoms with E-state index < -0.39 is 5.97 Å². The SMILES string of the molecule is COc1cc(-c2ccccc2Cl)c(Cl)cc1C(=O)N1Cc2ccc(C(=O)O)n2Cc2ccccc21. The van der Waals surface area contributed by atoms with Gasteiger partial charge in [0.2, 0.25) is 0 Å². The molecule has 5 rings (SSSR count). The molecular weight excluding hydrogens is 487 g/mol. The molecule has 2 heterocycles. The monoisotopic (exact) mass is 506 g/mol. The Morgan fingerprint density at radius 2 is 1.63 bits per heavy atom. The average molecular weight is 507 g/mol. The van der Waals surface area contributed by atoms with E-state index in [1.165, 1.54) is 7.11 Å². The Morgan fingerprint density at radius 1 is 0.886 bits per heavy atom. The minimum atomic E-state index is -1.02. The highest BCUT2D eigenvalue weighted by Crippen LogP contribution is 2.39. The number of amides is 1. The van der Waals surface area contributed by atoms with E-state index in [2.05, 4.69) is 0 Å². The number of methoxy groups -OCH3 is 1. The van der Waals surface area contributed by atoms with E-state index in [4.69, 9.17) is 27.9 Å². The molecule has 0 atom stereocenters. The zero-order valence-electron chi connectivity index (χ0n) is 18.7. The Hall–Kier alpha value is -3.74. The van der Waals surface area contributed by atoms with Crippen LogP contribution in [0.15, 0.2) is 72.8 Å². The average Bonchev–Trinajstić information content (AvgIpc) is 3.17. The number of carboxylic acid groups (broad SMARTS) is 1. The third kappa shape index (κ3) is 4.05. The standard InChI is InChI=1S/C27H20Cl2N2O4/c1-35-25-13-19(18-7-3-4-8-21(18)28)22(29)12-20(25)26(32)31-15-17-10-11-24(27(33)34)30(17)14-16-6-2-5-9-23(16)31/h2-13H,14-15H2,1H3,(H,33,34). The number of halogens is 2. The molecular formula is C27H20Cl2N2O4. The molecule has 1 aliphatic heterocycles. The summed E-state index contributed by atoms with van der Waals surface area (Å²) in [5.74, 6) is -0.969. The third-order valence-electron chi connectivity index (χ3n) is 6.15. The van der Waals surface area contributed by atoms with E-state index in [0.717, 1.165) is 11.1 Å². The quantitative estimate of drug-likeness (QED) is 0.348. The summed E-state index contributed by atoms with van der Waals surface area (Å²) in [7, 11) is 1.50. The van der Waals surface area contributed by atoms with Gasteiger partial charge in [0.15, 0.2) is 0 Å². The second kappa shape index (κ2) is 9.13. The van der Waals surface area contributed by atoms with Gasteiger partial charge in [0, 0.05) is 32.6 Å². The van der Waals surface area contributed by atoms with Crippen LogP contribution in [0.5, 0.6) is 5.75 Å². The van der Waals surface area contributed by atoms with Crippen molar-refractivity contribution in [1.82, 2.24) is 4.57 Å². The van der Waals surface area contributed by atoms with Crippen LogP contribution in [0.4, 0.5) is 5.69 Å². The van der Waals surface area contributed by atoms with E-state index >= 15 is 0 Å². The van der Waals surface area contributed by atoms with Crippen LogP contribution in [0.1, 0.15) is 32.1 Å². The van der Waals surface area contributed by atoms with Crippen molar-refractivity contribution in [2.45, 2.75) is 13.1 Å². The first kappa shape index (κ1) is 23.0. The number of aromatic carboxylic acids is 1. The highest BCUT2D eigenvalue weighted by atomic mass is 35.5. The van der Waals surface area contributed by atoms with Crippen LogP contribution in [-0.2, 0) is 13.1 Å². The zero-order valence-corrected chi connectivity index (χ0v) is 20.2. The van der Waals surface area contributed by atoms with Crippen LogP contribution >= 0.6 is 23.2 Å². The van der Waals surface area contributed by atoms with Crippen molar-refractivity contribution < 1.29 is 19.4 Å². The Kier molecular flexibility index (Phi) is 6.01. The molecule has 0 aliphatic carbocycles. The minimum Gasteiger partial charge on any atom is -0.496 e. The van der Waals surface area contributed by atoms with E-state index in [9.17, 15) is 14.7 Å². The van der Waals surface area contributed by atoms with Gasteiger partial charge in [-0.1, -0.05) is 59.6 Å². The molecule has 6 nitrogen and oxygen atoms in total. The van der Waals surface area contributed by atoms with Gasteiger partial charge in [-0.2, -0.15) is 0 Å². The molecule has 0 spiro atoms. The number of carbonyl (C=O) groups excluding carboxylic acids is 1. The number of anilines is 1. The van der Waals surface area contributed by atoms with Crippen LogP contribution in [0.3, 0.4) is 0 Å². The van der Waals surface area contributed by atoms with Gasteiger partial charge in [-0.25, -0.2) is 4.79 Å². The lowest BCUT2D eigenvalue weighted by Gasteiger charge is -2.24. The molecule has 3 aromatic carbocycles. The first-order chi connectivity index (χ1) is 16.9. The molecule has 0 fully saturated rings. The van der Waals surface area contributed by atoms with Gasteiger partial charge in [0.1, 0.15) is 11.4 Å². The molecule has 1 aliphatic rings. The second-order valence-corrected chi connectivity index (χ2v) is 8.95. The summed E-state index contributed by atoms with van der Waals surface area (Å²) in [6.07, 6.45) is 0. The number of hydrogen-bond donors (Lipinski definition) is 1. The Labute approximate surface area is 211 Å². The maximum absolute atomic E-state index is 13.9. The van der Waals surface area contributed by atoms with Gasteiger partial charge in [0.25, 0.3) is 5.91 Å². The minimum absolute atomic E-state index is 0.175. The van der Waals surface area contributed by atoms with Crippen LogP contribution in [0.25, 0.3) is 11.1 Å². The number of carboxylic acids is 1. The van der Waals surface area contributed by atoms with Crippen molar-refractivity contribution in [3.05, 3.63) is 105 Å². The van der Waals surface area contributed by atoms with Crippen molar-refractivity contribution in [3.63, 3.8) is 0 Å². The molecule has 4 aromatic rings. The first-order valence-corrected chi connectivity index (χ1v) is 11.6. The number of carbonyl (C=O) groups is 2. The number of nitrogens with zero attached hydrogens (tertiary/aromatic N) is 2. The largest absolute Gasteiger partial charge is 0.496 e. The Bertz CT molecular complexity index is 1480. The summed E-state index contributed by atoms with van der Waals surface area (Å²) >= 11 is 13.0. The number of rotatable bonds is 4. The molecule has 0 unspecified atom stereocenters. The molecule has 1 N–H and O–H groups in total. The lowest BCUT2D eigenvalue weighted by Crippen LogP contribution is -2.31. The Balaban J connectivity index is 1.62. The molecule has 0 bridgehead atoms. The summed E-state index contributed by atoms with van der Waals surface area (Å²) in [5, 5.41) is 10.5. The van der Waals surface area contributed by atoms with Crippen molar-refractivity contribution in [3.8, 4) is 16.9 Å². The lowest BCUT2D eigenvalue weighted by molar-refractivity contribution is 0.0685. The summed E-state index contributed by atoms with van der Waals surface area (Å²) < 4.78 is 7.33. The number of fused-ring (bicyclic) bond motifs is 2. The molecule has 0 radical (unpaired) electrons. The van der Waals surface area contributed by atoms with Gasteiger partial charge < -0.3 is 19.3 Å². The van der Waals surface area contributed by atoms with Crippen LogP contribution < -0.4 is 9.64 Å².